The average molecular weight is 230 g/mol. The van der Waals surface area contributed by atoms with Crippen LogP contribution in [0.1, 0.15) is 12.8 Å². The summed E-state index contributed by atoms with van der Waals surface area (Å²) >= 11 is 0. The van der Waals surface area contributed by atoms with Gasteiger partial charge in [-0.25, -0.2) is 8.42 Å². The maximum Gasteiger partial charge on any atom is 0.497 e. The Labute approximate surface area is 80.8 Å². The van der Waals surface area contributed by atoms with Gasteiger partial charge in [-0.2, -0.15) is 13.2 Å². The van der Waals surface area contributed by atoms with Crippen LogP contribution in [0.4, 0.5) is 13.2 Å². The molecule has 0 spiro atoms. The van der Waals surface area contributed by atoms with Gasteiger partial charge in [0.05, 0.1) is 5.25 Å². The first-order valence-corrected chi connectivity index (χ1v) is 5.65. The van der Waals surface area contributed by atoms with Crippen molar-refractivity contribution in [3.63, 3.8) is 0 Å². The Morgan fingerprint density at radius 1 is 1.21 bits per heavy atom. The minimum Gasteiger partial charge on any atom is -0.459 e. The maximum absolute atomic E-state index is 12.1. The number of hydrogen-bond donors (Lipinski definition) is 0. The minimum absolute atomic E-state index is 0.00530. The number of rotatable bonds is 1. The van der Waals surface area contributed by atoms with Crippen LogP contribution >= 0.6 is 0 Å². The lowest BCUT2D eigenvalue weighted by Crippen LogP contribution is -2.41. The van der Waals surface area contributed by atoms with Crippen LogP contribution in [0.3, 0.4) is 0 Å². The largest absolute Gasteiger partial charge is 0.497 e. The molecular weight excluding hydrogens is 219 g/mol. The van der Waals surface area contributed by atoms with Gasteiger partial charge in [-0.15, -0.1) is 0 Å². The molecule has 3 nitrogen and oxygen atoms in total. The highest BCUT2D eigenvalue weighted by Gasteiger charge is 2.50. The fourth-order valence-corrected chi connectivity index (χ4v) is 2.62. The van der Waals surface area contributed by atoms with Crippen LogP contribution in [0, 0.1) is 7.05 Å². The molecule has 1 aliphatic rings. The summed E-state index contributed by atoms with van der Waals surface area (Å²) in [5.41, 5.74) is -5.12. The third-order valence-corrected chi connectivity index (χ3v) is 4.29. The van der Waals surface area contributed by atoms with Gasteiger partial charge in [0, 0.05) is 0 Å². The molecule has 1 fully saturated rings. The molecule has 1 heterocycles. The number of nitrogens with zero attached hydrogens (tertiary/aromatic N) is 1. The van der Waals surface area contributed by atoms with E-state index in [1.807, 2.05) is 0 Å². The predicted octanol–water partition coefficient (Wildman–Crippen LogP) is 1.18. The molecule has 0 unspecified atom stereocenters. The van der Waals surface area contributed by atoms with Crippen LogP contribution in [0.25, 0.3) is 0 Å². The first-order chi connectivity index (χ1) is 6.25. The fourth-order valence-electron chi connectivity index (χ4n) is 1.41. The van der Waals surface area contributed by atoms with Gasteiger partial charge in [0.1, 0.15) is 0 Å². The molecule has 0 atom stereocenters. The van der Waals surface area contributed by atoms with E-state index in [1.54, 1.807) is 4.90 Å². The number of sulfone groups is 1. The molecule has 0 saturated carbocycles. The van der Waals surface area contributed by atoms with Gasteiger partial charge in [-0.3, -0.25) is 7.05 Å². The van der Waals surface area contributed by atoms with E-state index in [0.29, 0.717) is 13.1 Å². The third-order valence-electron chi connectivity index (χ3n) is 2.30. The van der Waals surface area contributed by atoms with Crippen LogP contribution in [0.2, 0.25) is 0 Å². The molecule has 0 amide bonds. The number of hydrogen-bond acceptors (Lipinski definition) is 3. The number of alkyl halides is 3. The zero-order chi connectivity index (χ0) is 11.0. The highest BCUT2D eigenvalue weighted by atomic mass is 32.2. The summed E-state index contributed by atoms with van der Waals surface area (Å²) in [7, 11) is -1.44. The van der Waals surface area contributed by atoms with E-state index in [9.17, 15) is 21.6 Å². The Morgan fingerprint density at radius 2 is 1.64 bits per heavy atom. The van der Waals surface area contributed by atoms with Gasteiger partial charge in [0.15, 0.2) is 0 Å². The van der Waals surface area contributed by atoms with Crippen LogP contribution in [-0.2, 0) is 9.84 Å². The SMILES string of the molecule is [CH2-]N1CCC(S(=O)(=O)C(F)(F)F)CC1. The molecule has 7 heteroatoms. The normalized spacial score (nSPS) is 22.6. The first-order valence-electron chi connectivity index (χ1n) is 4.11. The standard InChI is InChI=1S/C7H11F3NO2S/c1-11-4-2-6(3-5-11)14(12,13)7(8,9)10/h6H,1-5H2/q-1. The Balaban J connectivity index is 2.76. The smallest absolute Gasteiger partial charge is 0.459 e. The summed E-state index contributed by atoms with van der Waals surface area (Å²) in [5.74, 6) is 0. The van der Waals surface area contributed by atoms with Crippen molar-refractivity contribution in [2.24, 2.45) is 0 Å². The van der Waals surface area contributed by atoms with E-state index in [1.165, 1.54) is 0 Å². The van der Waals surface area contributed by atoms with E-state index < -0.39 is 20.6 Å². The van der Waals surface area contributed by atoms with Gasteiger partial charge >= 0.3 is 5.51 Å². The second kappa shape index (κ2) is 3.69. The highest BCUT2D eigenvalue weighted by Crippen LogP contribution is 2.31. The lowest BCUT2D eigenvalue weighted by Gasteiger charge is -2.34. The molecule has 0 aliphatic carbocycles. The van der Waals surface area contributed by atoms with Crippen LogP contribution in [0.15, 0.2) is 0 Å². The van der Waals surface area contributed by atoms with Crippen LogP contribution in [-0.4, -0.2) is 37.2 Å². The summed E-state index contributed by atoms with van der Waals surface area (Å²) in [5, 5.41) is -1.29. The van der Waals surface area contributed by atoms with Crippen molar-refractivity contribution in [3.05, 3.63) is 7.05 Å². The van der Waals surface area contributed by atoms with Crippen molar-refractivity contribution in [1.82, 2.24) is 4.90 Å². The molecule has 14 heavy (non-hydrogen) atoms. The molecule has 0 aromatic rings. The van der Waals surface area contributed by atoms with Gasteiger partial charge in [-0.1, -0.05) is 0 Å². The van der Waals surface area contributed by atoms with Crippen molar-refractivity contribution >= 4 is 9.84 Å². The third kappa shape index (κ3) is 2.20. The Bertz CT molecular complexity index is 291. The Morgan fingerprint density at radius 3 is 2.00 bits per heavy atom. The van der Waals surface area contributed by atoms with Gasteiger partial charge < -0.3 is 4.90 Å². The van der Waals surface area contributed by atoms with Crippen molar-refractivity contribution in [1.29, 1.82) is 0 Å². The lowest BCUT2D eigenvalue weighted by molar-refractivity contribution is -0.0449. The summed E-state index contributed by atoms with van der Waals surface area (Å²) in [6, 6.07) is 0. The van der Waals surface area contributed by atoms with E-state index in [2.05, 4.69) is 7.05 Å². The monoisotopic (exact) mass is 230 g/mol. The van der Waals surface area contributed by atoms with Gasteiger partial charge in [0.25, 0.3) is 9.84 Å². The molecule has 0 bridgehead atoms. The van der Waals surface area contributed by atoms with E-state index in [4.69, 9.17) is 0 Å². The summed E-state index contributed by atoms with van der Waals surface area (Å²) < 4.78 is 58.2. The van der Waals surface area contributed by atoms with E-state index >= 15 is 0 Å². The minimum atomic E-state index is -5.12. The van der Waals surface area contributed by atoms with Crippen molar-refractivity contribution in [2.75, 3.05) is 13.1 Å². The van der Waals surface area contributed by atoms with Gasteiger partial charge in [0.2, 0.25) is 0 Å². The van der Waals surface area contributed by atoms with Crippen molar-refractivity contribution in [3.8, 4) is 0 Å². The fraction of sp³-hybridized carbons (Fsp3) is 0.857. The van der Waals surface area contributed by atoms with Gasteiger partial charge in [-0.05, 0) is 25.9 Å². The topological polar surface area (TPSA) is 37.4 Å². The van der Waals surface area contributed by atoms with Crippen LogP contribution in [0.5, 0.6) is 0 Å². The molecule has 84 valence electrons. The number of likely N-dealkylation sites (tertiary alicyclic amines) is 1. The van der Waals surface area contributed by atoms with E-state index in [-0.39, 0.29) is 12.8 Å². The van der Waals surface area contributed by atoms with Crippen molar-refractivity contribution in [2.45, 2.75) is 23.6 Å². The molecule has 1 aliphatic heterocycles. The molecule has 0 radical (unpaired) electrons. The molecule has 0 N–H and O–H groups in total. The molecule has 0 aromatic heterocycles. The molecule has 1 saturated heterocycles. The van der Waals surface area contributed by atoms with E-state index in [0.717, 1.165) is 0 Å². The zero-order valence-corrected chi connectivity index (χ0v) is 8.24. The molecule has 1 rings (SSSR count). The predicted molar refractivity (Wildman–Crippen MR) is 44.9 cm³/mol. The second-order valence-corrected chi connectivity index (χ2v) is 5.53. The van der Waals surface area contributed by atoms with Crippen molar-refractivity contribution < 1.29 is 21.6 Å². The number of halogens is 3. The summed E-state index contributed by atoms with van der Waals surface area (Å²) in [4.78, 5) is 1.57. The maximum atomic E-state index is 12.1. The highest BCUT2D eigenvalue weighted by molar-refractivity contribution is 7.92. The summed E-state index contributed by atoms with van der Waals surface area (Å²) in [6.07, 6.45) is 0.0106. The lowest BCUT2D eigenvalue weighted by atomic mass is 10.1. The average Bonchev–Trinajstić information content (AvgIpc) is 2.03. The number of piperidine rings is 1. The molecule has 0 aromatic carbocycles. The second-order valence-electron chi connectivity index (χ2n) is 3.31. The molecular formula is C7H11F3NO2S-. The Hall–Kier alpha value is -0.300. The van der Waals surface area contributed by atoms with Crippen LogP contribution < -0.4 is 0 Å². The zero-order valence-electron chi connectivity index (χ0n) is 7.42. The summed E-state index contributed by atoms with van der Waals surface area (Å²) in [6.45, 7) is 0.583. The Kier molecular flexibility index (Phi) is 3.10. The first kappa shape index (κ1) is 11.8. The quantitative estimate of drug-likeness (QED) is 0.635.